The van der Waals surface area contributed by atoms with E-state index in [1.807, 2.05) is 0 Å². The summed E-state index contributed by atoms with van der Waals surface area (Å²) in [6, 6.07) is 4.68. The number of nitrogens with one attached hydrogen (secondary N) is 1. The lowest BCUT2D eigenvalue weighted by atomic mass is 10.1. The largest absolute Gasteiger partial charge is 0.330 e. The van der Waals surface area contributed by atoms with Crippen molar-refractivity contribution in [3.05, 3.63) is 33.9 Å². The van der Waals surface area contributed by atoms with Crippen LogP contribution in [0.2, 0.25) is 0 Å². The monoisotopic (exact) mass is 265 g/mol. The Kier molecular flexibility index (Phi) is 5.95. The molecule has 1 rings (SSSR count). The first-order chi connectivity index (χ1) is 9.04. The molecule has 1 aromatic carbocycles. The Bertz CT molecular complexity index is 460. The van der Waals surface area contributed by atoms with Crippen LogP contribution in [0.5, 0.6) is 0 Å². The van der Waals surface area contributed by atoms with Crippen LogP contribution in [0, 0.1) is 17.0 Å². The van der Waals surface area contributed by atoms with Gasteiger partial charge >= 0.3 is 0 Å². The van der Waals surface area contributed by atoms with Gasteiger partial charge in [0.05, 0.1) is 4.92 Å². The van der Waals surface area contributed by atoms with Gasteiger partial charge in [-0.15, -0.1) is 0 Å². The summed E-state index contributed by atoms with van der Waals surface area (Å²) in [6.45, 7) is 2.29. The van der Waals surface area contributed by atoms with Crippen molar-refractivity contribution in [2.24, 2.45) is 5.73 Å². The minimum Gasteiger partial charge on any atom is -0.330 e. The number of nitro groups is 1. The van der Waals surface area contributed by atoms with Gasteiger partial charge in [-0.05, 0) is 32.4 Å². The molecule has 6 nitrogen and oxygen atoms in total. The number of nitrogens with two attached hydrogens (primary N) is 1. The van der Waals surface area contributed by atoms with Gasteiger partial charge in [0.15, 0.2) is 0 Å². The number of carbonyl (C=O) groups excluding carboxylic acids is 1. The number of unbranched alkanes of at least 4 members (excludes halogenated alkanes) is 2. The molecule has 0 aromatic heterocycles. The molecule has 0 saturated heterocycles. The van der Waals surface area contributed by atoms with Crippen LogP contribution in [0.4, 0.5) is 11.4 Å². The van der Waals surface area contributed by atoms with Crippen molar-refractivity contribution in [2.45, 2.75) is 32.6 Å². The fourth-order valence-corrected chi connectivity index (χ4v) is 1.71. The number of nitro benzene ring substituents is 1. The molecular weight excluding hydrogens is 246 g/mol. The second-order valence-corrected chi connectivity index (χ2v) is 4.41. The molecule has 0 heterocycles. The number of amides is 1. The molecule has 0 aliphatic rings. The van der Waals surface area contributed by atoms with E-state index in [9.17, 15) is 14.9 Å². The zero-order chi connectivity index (χ0) is 14.3. The second-order valence-electron chi connectivity index (χ2n) is 4.41. The van der Waals surface area contributed by atoms with Crippen LogP contribution in [0.1, 0.15) is 31.2 Å². The van der Waals surface area contributed by atoms with E-state index in [0.717, 1.165) is 19.3 Å². The summed E-state index contributed by atoms with van der Waals surface area (Å²) >= 11 is 0. The van der Waals surface area contributed by atoms with Crippen LogP contribution < -0.4 is 11.1 Å². The van der Waals surface area contributed by atoms with E-state index in [4.69, 9.17) is 5.73 Å². The first kappa shape index (κ1) is 15.1. The van der Waals surface area contributed by atoms with Crippen molar-refractivity contribution < 1.29 is 9.72 Å². The van der Waals surface area contributed by atoms with Crippen LogP contribution in [0.3, 0.4) is 0 Å². The van der Waals surface area contributed by atoms with Crippen LogP contribution in [-0.4, -0.2) is 17.4 Å². The average molecular weight is 265 g/mol. The SMILES string of the molecule is Cc1ccc(NC(=O)CCCCCN)cc1[N+](=O)[O-]. The molecule has 3 N–H and O–H groups in total. The van der Waals surface area contributed by atoms with E-state index in [-0.39, 0.29) is 11.6 Å². The Morgan fingerprint density at radius 3 is 2.74 bits per heavy atom. The molecule has 0 saturated carbocycles. The number of hydrogen-bond acceptors (Lipinski definition) is 4. The average Bonchev–Trinajstić information content (AvgIpc) is 2.36. The molecule has 0 atom stereocenters. The molecule has 0 aliphatic heterocycles. The number of rotatable bonds is 7. The molecule has 0 spiro atoms. The van der Waals surface area contributed by atoms with Crippen molar-refractivity contribution >= 4 is 17.3 Å². The maximum Gasteiger partial charge on any atom is 0.274 e. The Morgan fingerprint density at radius 2 is 2.11 bits per heavy atom. The zero-order valence-corrected chi connectivity index (χ0v) is 11.0. The van der Waals surface area contributed by atoms with Gasteiger partial charge in [-0.25, -0.2) is 0 Å². The summed E-state index contributed by atoms with van der Waals surface area (Å²) in [4.78, 5) is 22.0. The first-order valence-corrected chi connectivity index (χ1v) is 6.29. The molecule has 19 heavy (non-hydrogen) atoms. The third-order valence-corrected chi connectivity index (χ3v) is 2.80. The Balaban J connectivity index is 2.55. The van der Waals surface area contributed by atoms with E-state index in [0.29, 0.717) is 24.2 Å². The summed E-state index contributed by atoms with van der Waals surface area (Å²) in [5.74, 6) is -0.129. The zero-order valence-electron chi connectivity index (χ0n) is 11.0. The van der Waals surface area contributed by atoms with E-state index < -0.39 is 4.92 Å². The standard InChI is InChI=1S/C13H19N3O3/c1-10-6-7-11(9-12(10)16(18)19)15-13(17)5-3-2-4-8-14/h6-7,9H,2-5,8,14H2,1H3,(H,15,17). The number of hydrogen-bond donors (Lipinski definition) is 2. The van der Waals surface area contributed by atoms with Crippen molar-refractivity contribution in [3.63, 3.8) is 0 Å². The number of aryl methyl sites for hydroxylation is 1. The summed E-state index contributed by atoms with van der Waals surface area (Å²) in [5, 5.41) is 13.5. The highest BCUT2D eigenvalue weighted by Crippen LogP contribution is 2.22. The molecule has 104 valence electrons. The molecule has 0 bridgehead atoms. The molecule has 1 aromatic rings. The fourth-order valence-electron chi connectivity index (χ4n) is 1.71. The van der Waals surface area contributed by atoms with Crippen molar-refractivity contribution in [3.8, 4) is 0 Å². The summed E-state index contributed by atoms with van der Waals surface area (Å²) < 4.78 is 0. The van der Waals surface area contributed by atoms with E-state index >= 15 is 0 Å². The van der Waals surface area contributed by atoms with Crippen LogP contribution >= 0.6 is 0 Å². The van der Waals surface area contributed by atoms with Crippen molar-refractivity contribution in [1.82, 2.24) is 0 Å². The quantitative estimate of drug-likeness (QED) is 0.449. The predicted octanol–water partition coefficient (Wildman–Crippen LogP) is 2.36. The van der Waals surface area contributed by atoms with Gasteiger partial charge in [-0.2, -0.15) is 0 Å². The third kappa shape index (κ3) is 5.05. The second kappa shape index (κ2) is 7.48. The predicted molar refractivity (Wildman–Crippen MR) is 74.0 cm³/mol. The normalized spacial score (nSPS) is 10.2. The van der Waals surface area contributed by atoms with Gasteiger partial charge in [0.2, 0.25) is 5.91 Å². The molecule has 6 heteroatoms. The topological polar surface area (TPSA) is 98.3 Å². The smallest absolute Gasteiger partial charge is 0.274 e. The Morgan fingerprint density at radius 1 is 1.37 bits per heavy atom. The minimum atomic E-state index is -0.452. The van der Waals surface area contributed by atoms with E-state index in [2.05, 4.69) is 5.32 Å². The van der Waals surface area contributed by atoms with Crippen molar-refractivity contribution in [2.75, 3.05) is 11.9 Å². The van der Waals surface area contributed by atoms with Gasteiger partial charge < -0.3 is 11.1 Å². The van der Waals surface area contributed by atoms with Crippen LogP contribution in [-0.2, 0) is 4.79 Å². The van der Waals surface area contributed by atoms with Crippen molar-refractivity contribution in [1.29, 1.82) is 0 Å². The summed E-state index contributed by atoms with van der Waals surface area (Å²) in [6.07, 6.45) is 3.00. The highest BCUT2D eigenvalue weighted by Gasteiger charge is 2.12. The van der Waals surface area contributed by atoms with Gasteiger partial charge in [0, 0.05) is 23.7 Å². The van der Waals surface area contributed by atoms with Gasteiger partial charge in [0.1, 0.15) is 0 Å². The number of anilines is 1. The minimum absolute atomic E-state index is 0.0148. The first-order valence-electron chi connectivity index (χ1n) is 6.29. The lowest BCUT2D eigenvalue weighted by Gasteiger charge is -2.06. The van der Waals surface area contributed by atoms with E-state index in [1.54, 1.807) is 19.1 Å². The summed E-state index contributed by atoms with van der Waals surface area (Å²) in [5.41, 5.74) is 6.41. The van der Waals surface area contributed by atoms with Gasteiger partial charge in [-0.1, -0.05) is 12.5 Å². The third-order valence-electron chi connectivity index (χ3n) is 2.80. The molecule has 1 amide bonds. The highest BCUT2D eigenvalue weighted by molar-refractivity contribution is 5.91. The van der Waals surface area contributed by atoms with Crippen LogP contribution in [0.15, 0.2) is 18.2 Å². The maximum atomic E-state index is 11.6. The fraction of sp³-hybridized carbons (Fsp3) is 0.462. The molecule has 0 unspecified atom stereocenters. The number of benzene rings is 1. The Labute approximate surface area is 112 Å². The summed E-state index contributed by atoms with van der Waals surface area (Å²) in [7, 11) is 0. The highest BCUT2D eigenvalue weighted by atomic mass is 16.6. The molecule has 0 aliphatic carbocycles. The van der Waals surface area contributed by atoms with Gasteiger partial charge in [0.25, 0.3) is 5.69 Å². The van der Waals surface area contributed by atoms with Gasteiger partial charge in [-0.3, -0.25) is 14.9 Å². The molecule has 0 radical (unpaired) electrons. The lowest BCUT2D eigenvalue weighted by molar-refractivity contribution is -0.385. The molecule has 0 fully saturated rings. The molecular formula is C13H19N3O3. The maximum absolute atomic E-state index is 11.6. The number of carbonyl (C=O) groups is 1. The van der Waals surface area contributed by atoms with Crippen LogP contribution in [0.25, 0.3) is 0 Å². The lowest BCUT2D eigenvalue weighted by Crippen LogP contribution is -2.11. The Hall–Kier alpha value is -1.95. The van der Waals surface area contributed by atoms with E-state index in [1.165, 1.54) is 6.07 Å². The number of nitrogens with zero attached hydrogens (tertiary/aromatic N) is 1.